The van der Waals surface area contributed by atoms with Gasteiger partial charge in [-0.05, 0) is 61.6 Å². The Bertz CT molecular complexity index is 893. The Morgan fingerprint density at radius 1 is 1.21 bits per heavy atom. The summed E-state index contributed by atoms with van der Waals surface area (Å²) in [5.74, 6) is 0.618. The predicted octanol–water partition coefficient (Wildman–Crippen LogP) is 3.83. The van der Waals surface area contributed by atoms with Gasteiger partial charge in [-0.2, -0.15) is 5.10 Å². The van der Waals surface area contributed by atoms with E-state index in [9.17, 15) is 9.18 Å². The number of amides is 1. The fourth-order valence-corrected chi connectivity index (χ4v) is 3.11. The first-order chi connectivity index (χ1) is 14.1. The van der Waals surface area contributed by atoms with E-state index in [1.807, 2.05) is 36.4 Å². The summed E-state index contributed by atoms with van der Waals surface area (Å²) in [4.78, 5) is 18.8. The number of hydrogen-bond acceptors (Lipinski definition) is 4. The van der Waals surface area contributed by atoms with Gasteiger partial charge in [-0.3, -0.25) is 9.89 Å². The molecule has 6 nitrogen and oxygen atoms in total. The van der Waals surface area contributed by atoms with Crippen molar-refractivity contribution in [2.75, 3.05) is 25.0 Å². The Morgan fingerprint density at radius 2 is 1.97 bits per heavy atom. The van der Waals surface area contributed by atoms with Crippen LogP contribution in [0.4, 0.5) is 10.2 Å². The average Bonchev–Trinajstić information content (AvgIpc) is 3.42. The van der Waals surface area contributed by atoms with E-state index >= 15 is 0 Å². The molecule has 1 saturated heterocycles. The van der Waals surface area contributed by atoms with Gasteiger partial charge in [-0.25, -0.2) is 9.37 Å². The molecule has 0 spiro atoms. The van der Waals surface area contributed by atoms with Crippen LogP contribution < -0.4 is 5.32 Å². The van der Waals surface area contributed by atoms with Crippen molar-refractivity contribution in [1.82, 2.24) is 20.1 Å². The highest BCUT2D eigenvalue weighted by atomic mass is 19.1. The van der Waals surface area contributed by atoms with Crippen LogP contribution in [0.15, 0.2) is 54.9 Å². The molecule has 1 fully saturated rings. The number of rotatable bonds is 5. The zero-order valence-corrected chi connectivity index (χ0v) is 16.6. The van der Waals surface area contributed by atoms with Crippen LogP contribution in [0.3, 0.4) is 0 Å². The molecule has 29 heavy (non-hydrogen) atoms. The predicted molar refractivity (Wildman–Crippen MR) is 111 cm³/mol. The third-order valence-electron chi connectivity index (χ3n) is 4.59. The summed E-state index contributed by atoms with van der Waals surface area (Å²) in [7, 11) is 0. The maximum absolute atomic E-state index is 12.4. The Balaban J connectivity index is 0.000000290. The molecule has 0 radical (unpaired) electrons. The molecule has 0 aliphatic carbocycles. The van der Waals surface area contributed by atoms with Gasteiger partial charge in [0.2, 0.25) is 0 Å². The standard InChI is InChI=1S/C16H21N5O.C6H5F/c1-12-8-14(16(22)21-6-2-3-7-21)20-15(9-12)17-5-4-13-10-18-19-11-13;7-6-4-2-1-3-5-6/h8-11H,2-7H2,1H3,(H,17,20)(H,18,19);1-5H. The molecule has 1 aliphatic rings. The second-order valence-electron chi connectivity index (χ2n) is 6.99. The number of carbonyl (C=O) groups excluding carboxylic acids is 1. The number of aromatic nitrogens is 3. The molecule has 152 valence electrons. The van der Waals surface area contributed by atoms with E-state index in [1.54, 1.807) is 18.2 Å². The molecule has 1 amide bonds. The van der Waals surface area contributed by atoms with Gasteiger partial charge in [0, 0.05) is 25.8 Å². The third-order valence-corrected chi connectivity index (χ3v) is 4.59. The fraction of sp³-hybridized carbons (Fsp3) is 0.318. The summed E-state index contributed by atoms with van der Waals surface area (Å²) in [6, 6.07) is 11.8. The highest BCUT2D eigenvalue weighted by Crippen LogP contribution is 2.15. The molecule has 0 bridgehead atoms. The maximum Gasteiger partial charge on any atom is 0.272 e. The highest BCUT2D eigenvalue weighted by Gasteiger charge is 2.21. The van der Waals surface area contributed by atoms with E-state index in [0.29, 0.717) is 5.69 Å². The second-order valence-corrected chi connectivity index (χ2v) is 6.99. The lowest BCUT2D eigenvalue weighted by molar-refractivity contribution is 0.0787. The van der Waals surface area contributed by atoms with Crippen molar-refractivity contribution in [2.45, 2.75) is 26.2 Å². The number of likely N-dealkylation sites (tertiary alicyclic amines) is 1. The zero-order chi connectivity index (χ0) is 20.5. The second kappa shape index (κ2) is 10.4. The quantitative estimate of drug-likeness (QED) is 0.689. The van der Waals surface area contributed by atoms with Crippen LogP contribution in [0.5, 0.6) is 0 Å². The van der Waals surface area contributed by atoms with Crippen molar-refractivity contribution >= 4 is 11.7 Å². The van der Waals surface area contributed by atoms with Crippen LogP contribution in [0.2, 0.25) is 0 Å². The highest BCUT2D eigenvalue weighted by molar-refractivity contribution is 5.93. The smallest absolute Gasteiger partial charge is 0.272 e. The first-order valence-corrected chi connectivity index (χ1v) is 9.82. The van der Waals surface area contributed by atoms with Crippen LogP contribution in [0.1, 0.15) is 34.5 Å². The van der Waals surface area contributed by atoms with Crippen molar-refractivity contribution in [3.63, 3.8) is 0 Å². The van der Waals surface area contributed by atoms with Crippen LogP contribution in [0, 0.1) is 12.7 Å². The van der Waals surface area contributed by atoms with Crippen molar-refractivity contribution in [1.29, 1.82) is 0 Å². The van der Waals surface area contributed by atoms with Gasteiger partial charge in [-0.1, -0.05) is 18.2 Å². The minimum Gasteiger partial charge on any atom is -0.370 e. The minimum atomic E-state index is -0.178. The van der Waals surface area contributed by atoms with Crippen LogP contribution >= 0.6 is 0 Å². The molecular formula is C22H26FN5O. The number of nitrogens with zero attached hydrogens (tertiary/aromatic N) is 3. The Labute approximate surface area is 170 Å². The first kappa shape index (κ1) is 20.5. The molecule has 0 unspecified atom stereocenters. The van der Waals surface area contributed by atoms with E-state index < -0.39 is 0 Å². The van der Waals surface area contributed by atoms with Gasteiger partial charge in [0.1, 0.15) is 17.3 Å². The number of aromatic amines is 1. The van der Waals surface area contributed by atoms with Crippen molar-refractivity contribution in [3.05, 3.63) is 77.5 Å². The summed E-state index contributed by atoms with van der Waals surface area (Å²) >= 11 is 0. The number of nitrogens with one attached hydrogen (secondary N) is 2. The number of anilines is 1. The summed E-state index contributed by atoms with van der Waals surface area (Å²) in [5, 5.41) is 10.0. The van der Waals surface area contributed by atoms with Crippen molar-refractivity contribution in [3.8, 4) is 0 Å². The summed E-state index contributed by atoms with van der Waals surface area (Å²) < 4.78 is 11.9. The van der Waals surface area contributed by atoms with Gasteiger partial charge < -0.3 is 10.2 Å². The molecule has 3 heterocycles. The number of hydrogen-bond donors (Lipinski definition) is 2. The molecule has 0 atom stereocenters. The van der Waals surface area contributed by atoms with Gasteiger partial charge in [0.05, 0.1) is 6.20 Å². The average molecular weight is 395 g/mol. The largest absolute Gasteiger partial charge is 0.370 e. The molecular weight excluding hydrogens is 369 g/mol. The SMILES string of the molecule is Cc1cc(NCCc2cn[nH]c2)nc(C(=O)N2CCCC2)c1.Fc1ccccc1. The van der Waals surface area contributed by atoms with Crippen LogP contribution in [-0.4, -0.2) is 45.6 Å². The van der Waals surface area contributed by atoms with Gasteiger partial charge >= 0.3 is 0 Å². The summed E-state index contributed by atoms with van der Waals surface area (Å²) in [5.41, 5.74) is 2.73. The molecule has 0 saturated carbocycles. The van der Waals surface area contributed by atoms with Gasteiger partial charge in [0.15, 0.2) is 0 Å². The summed E-state index contributed by atoms with van der Waals surface area (Å²) in [6.45, 7) is 4.44. The monoisotopic (exact) mass is 395 g/mol. The molecule has 2 N–H and O–H groups in total. The summed E-state index contributed by atoms with van der Waals surface area (Å²) in [6.07, 6.45) is 6.74. The topological polar surface area (TPSA) is 73.9 Å². The lowest BCUT2D eigenvalue weighted by Gasteiger charge is -2.16. The fourth-order valence-electron chi connectivity index (χ4n) is 3.11. The Kier molecular flexibility index (Phi) is 7.33. The first-order valence-electron chi connectivity index (χ1n) is 9.82. The van der Waals surface area contributed by atoms with Gasteiger partial charge in [0.25, 0.3) is 5.91 Å². The van der Waals surface area contributed by atoms with E-state index in [0.717, 1.165) is 55.8 Å². The number of benzene rings is 1. The molecule has 3 aromatic rings. The Morgan fingerprint density at radius 3 is 2.59 bits per heavy atom. The molecule has 7 heteroatoms. The zero-order valence-electron chi connectivity index (χ0n) is 16.6. The minimum absolute atomic E-state index is 0.0408. The number of aryl methyl sites for hydroxylation is 1. The lowest BCUT2D eigenvalue weighted by atomic mass is 10.2. The Hall–Kier alpha value is -3.22. The van der Waals surface area contributed by atoms with Crippen LogP contribution in [-0.2, 0) is 6.42 Å². The molecule has 2 aromatic heterocycles. The molecule has 1 aromatic carbocycles. The maximum atomic E-state index is 12.4. The van der Waals surface area contributed by atoms with E-state index in [-0.39, 0.29) is 11.7 Å². The molecule has 4 rings (SSSR count). The van der Waals surface area contributed by atoms with E-state index in [2.05, 4.69) is 20.5 Å². The third kappa shape index (κ3) is 6.41. The lowest BCUT2D eigenvalue weighted by Crippen LogP contribution is -2.28. The number of halogens is 1. The van der Waals surface area contributed by atoms with E-state index in [4.69, 9.17) is 0 Å². The normalized spacial score (nSPS) is 13.0. The van der Waals surface area contributed by atoms with Crippen LogP contribution in [0.25, 0.3) is 0 Å². The van der Waals surface area contributed by atoms with Crippen molar-refractivity contribution in [2.24, 2.45) is 0 Å². The van der Waals surface area contributed by atoms with Gasteiger partial charge in [-0.15, -0.1) is 0 Å². The number of carbonyl (C=O) groups is 1. The number of H-pyrrole nitrogens is 1. The number of pyridine rings is 1. The van der Waals surface area contributed by atoms with E-state index in [1.165, 1.54) is 12.1 Å². The van der Waals surface area contributed by atoms with Crippen molar-refractivity contribution < 1.29 is 9.18 Å². The molecule has 1 aliphatic heterocycles.